The first kappa shape index (κ1) is 8.86. The number of hydrogen-bond donors (Lipinski definition) is 2. The lowest BCUT2D eigenvalue weighted by molar-refractivity contribution is -0.239. The summed E-state index contributed by atoms with van der Waals surface area (Å²) in [4.78, 5) is 23.5. The van der Waals surface area contributed by atoms with E-state index in [1.807, 2.05) is 0 Å². The van der Waals surface area contributed by atoms with Crippen molar-refractivity contribution in [2.24, 2.45) is 0 Å². The molecule has 0 rings (SSSR count). The first-order valence-corrected chi connectivity index (χ1v) is 2.49. The number of carbonyl (C=O) groups is 2. The van der Waals surface area contributed by atoms with Crippen LogP contribution in [0.1, 0.15) is 6.92 Å². The predicted octanol–water partition coefficient (Wildman–Crippen LogP) is -0.760. The summed E-state index contributed by atoms with van der Waals surface area (Å²) in [5, 5.41) is 16.3. The van der Waals surface area contributed by atoms with E-state index >= 15 is 0 Å². The molecule has 10 heavy (non-hydrogen) atoms. The summed E-state index contributed by atoms with van der Waals surface area (Å²) in [7, 11) is 0. The molecule has 58 valence electrons. The highest BCUT2D eigenvalue weighted by molar-refractivity contribution is 6.31. The second-order valence-corrected chi connectivity index (χ2v) is 1.40. The largest absolute Gasteiger partial charge is 0.431 e. The van der Waals surface area contributed by atoms with E-state index in [1.54, 1.807) is 0 Å². The highest BCUT2D eigenvalue weighted by Gasteiger charge is 2.20. The third-order valence-electron chi connectivity index (χ3n) is 0.791. The van der Waals surface area contributed by atoms with Gasteiger partial charge in [0.05, 0.1) is 0 Å². The zero-order chi connectivity index (χ0) is 8.15. The maximum atomic E-state index is 10.3. The Morgan fingerprint density at radius 2 is 2.10 bits per heavy atom. The van der Waals surface area contributed by atoms with Gasteiger partial charge in [0.25, 0.3) is 0 Å². The van der Waals surface area contributed by atoms with Crippen molar-refractivity contribution in [3.8, 4) is 0 Å². The van der Waals surface area contributed by atoms with Crippen LogP contribution in [0.3, 0.4) is 0 Å². The Kier molecular flexibility index (Phi) is 3.37. The third kappa shape index (κ3) is 2.00. The van der Waals surface area contributed by atoms with Gasteiger partial charge in [0, 0.05) is 6.54 Å². The minimum atomic E-state index is -1.51. The Bertz CT molecular complexity index is 145. The third-order valence-corrected chi connectivity index (χ3v) is 0.791. The SMILES string of the molecule is CCN(O)C(=O)C(=O)OO. The molecule has 0 fully saturated rings. The van der Waals surface area contributed by atoms with E-state index in [0.717, 1.165) is 0 Å². The molecule has 0 saturated carbocycles. The van der Waals surface area contributed by atoms with Gasteiger partial charge in [-0.15, -0.1) is 0 Å². The lowest BCUT2D eigenvalue weighted by Gasteiger charge is -2.07. The van der Waals surface area contributed by atoms with E-state index in [9.17, 15) is 9.59 Å². The first-order valence-electron chi connectivity index (χ1n) is 2.49. The van der Waals surface area contributed by atoms with Gasteiger partial charge in [-0.25, -0.2) is 9.86 Å². The van der Waals surface area contributed by atoms with E-state index in [4.69, 9.17) is 10.5 Å². The molecule has 0 unspecified atom stereocenters. The van der Waals surface area contributed by atoms with Gasteiger partial charge in [-0.1, -0.05) is 0 Å². The van der Waals surface area contributed by atoms with Crippen molar-refractivity contribution in [2.75, 3.05) is 6.54 Å². The normalized spacial score (nSPS) is 8.70. The number of hydroxylamine groups is 2. The molecule has 6 heteroatoms. The molecule has 0 heterocycles. The fourth-order valence-electron chi connectivity index (χ4n) is 0.288. The summed E-state index contributed by atoms with van der Waals surface area (Å²) in [5.74, 6) is -2.81. The van der Waals surface area contributed by atoms with E-state index in [2.05, 4.69) is 4.89 Å². The molecule has 0 aromatic rings. The van der Waals surface area contributed by atoms with Crippen molar-refractivity contribution >= 4 is 11.9 Å². The summed E-state index contributed by atoms with van der Waals surface area (Å²) in [6.07, 6.45) is 0. The van der Waals surface area contributed by atoms with Gasteiger partial charge in [0.2, 0.25) is 0 Å². The van der Waals surface area contributed by atoms with Crippen molar-refractivity contribution in [1.29, 1.82) is 0 Å². The van der Waals surface area contributed by atoms with E-state index in [1.165, 1.54) is 6.92 Å². The summed E-state index contributed by atoms with van der Waals surface area (Å²) in [5.41, 5.74) is 0. The number of hydrogen-bond acceptors (Lipinski definition) is 5. The van der Waals surface area contributed by atoms with Crippen LogP contribution in [0.2, 0.25) is 0 Å². The highest BCUT2D eigenvalue weighted by atomic mass is 17.1. The van der Waals surface area contributed by atoms with Gasteiger partial charge >= 0.3 is 11.9 Å². The first-order chi connectivity index (χ1) is 4.63. The molecular weight excluding hydrogens is 142 g/mol. The van der Waals surface area contributed by atoms with Crippen LogP contribution in [-0.4, -0.2) is 33.9 Å². The molecule has 1 amide bonds. The Balaban J connectivity index is 3.95. The highest BCUT2D eigenvalue weighted by Crippen LogP contribution is 1.84. The molecule has 0 aliphatic heterocycles. The fourth-order valence-corrected chi connectivity index (χ4v) is 0.288. The quantitative estimate of drug-likeness (QED) is 0.221. The van der Waals surface area contributed by atoms with Crippen LogP contribution in [0.4, 0.5) is 0 Å². The summed E-state index contributed by atoms with van der Waals surface area (Å²) < 4.78 is 0. The van der Waals surface area contributed by atoms with Gasteiger partial charge in [0.1, 0.15) is 0 Å². The summed E-state index contributed by atoms with van der Waals surface area (Å²) in [6.45, 7) is 1.40. The summed E-state index contributed by atoms with van der Waals surface area (Å²) in [6, 6.07) is 0. The van der Waals surface area contributed by atoms with Gasteiger partial charge in [-0.3, -0.25) is 14.9 Å². The zero-order valence-corrected chi connectivity index (χ0v) is 5.27. The molecule has 0 saturated heterocycles. The minimum absolute atomic E-state index is 0.0477. The standard InChI is InChI=1S/C4H7NO5/c1-2-5(8)3(6)4(7)10-9/h8-9H,2H2,1H3. The number of amides is 1. The Morgan fingerprint density at radius 1 is 1.60 bits per heavy atom. The average molecular weight is 149 g/mol. The van der Waals surface area contributed by atoms with Crippen LogP contribution in [0, 0.1) is 0 Å². The topological polar surface area (TPSA) is 87.1 Å². The van der Waals surface area contributed by atoms with Gasteiger partial charge in [-0.05, 0) is 6.92 Å². The van der Waals surface area contributed by atoms with Crippen molar-refractivity contribution in [2.45, 2.75) is 6.92 Å². The van der Waals surface area contributed by atoms with Crippen LogP contribution >= 0.6 is 0 Å². The van der Waals surface area contributed by atoms with E-state index in [-0.39, 0.29) is 11.6 Å². The number of rotatable bonds is 1. The van der Waals surface area contributed by atoms with Gasteiger partial charge < -0.3 is 0 Å². The van der Waals surface area contributed by atoms with Gasteiger partial charge in [-0.2, -0.15) is 5.26 Å². The average Bonchev–Trinajstić information content (AvgIpc) is 2.00. The molecule has 6 nitrogen and oxygen atoms in total. The molecule has 0 aromatic heterocycles. The van der Waals surface area contributed by atoms with E-state index in [0.29, 0.717) is 0 Å². The number of nitrogens with zero attached hydrogens (tertiary/aromatic N) is 1. The lowest BCUT2D eigenvalue weighted by atomic mass is 10.6. The van der Waals surface area contributed by atoms with Crippen molar-refractivity contribution in [3.05, 3.63) is 0 Å². The Labute approximate surface area is 56.5 Å². The predicted molar refractivity (Wildman–Crippen MR) is 27.9 cm³/mol. The molecule has 0 radical (unpaired) electrons. The molecule has 0 aromatic carbocycles. The second kappa shape index (κ2) is 3.80. The summed E-state index contributed by atoms with van der Waals surface area (Å²) >= 11 is 0. The van der Waals surface area contributed by atoms with Crippen LogP contribution in [-0.2, 0) is 14.5 Å². The molecule has 2 N–H and O–H groups in total. The van der Waals surface area contributed by atoms with Crippen molar-refractivity contribution < 1.29 is 24.9 Å². The number of likely N-dealkylation sites (N-methyl/N-ethyl adjacent to an activating group) is 1. The molecule has 0 aliphatic rings. The maximum Gasteiger partial charge on any atom is 0.431 e. The maximum absolute atomic E-state index is 10.3. The van der Waals surface area contributed by atoms with Gasteiger partial charge in [0.15, 0.2) is 0 Å². The molecule has 0 aliphatic carbocycles. The smallest absolute Gasteiger partial charge is 0.290 e. The minimum Gasteiger partial charge on any atom is -0.290 e. The molecule has 0 bridgehead atoms. The van der Waals surface area contributed by atoms with Crippen LogP contribution in [0.25, 0.3) is 0 Å². The lowest BCUT2D eigenvalue weighted by Crippen LogP contribution is -2.34. The Morgan fingerprint density at radius 3 is 2.40 bits per heavy atom. The monoisotopic (exact) mass is 149 g/mol. The fraction of sp³-hybridized carbons (Fsp3) is 0.500. The molecule has 0 spiro atoms. The Hall–Kier alpha value is -1.14. The second-order valence-electron chi connectivity index (χ2n) is 1.40. The van der Waals surface area contributed by atoms with Crippen molar-refractivity contribution in [1.82, 2.24) is 5.06 Å². The number of carbonyl (C=O) groups excluding carboxylic acids is 2. The molecule has 0 atom stereocenters. The van der Waals surface area contributed by atoms with Crippen LogP contribution in [0.15, 0.2) is 0 Å². The zero-order valence-electron chi connectivity index (χ0n) is 5.27. The van der Waals surface area contributed by atoms with Crippen LogP contribution in [0.5, 0.6) is 0 Å². The van der Waals surface area contributed by atoms with E-state index < -0.39 is 11.9 Å². The van der Waals surface area contributed by atoms with Crippen LogP contribution < -0.4 is 0 Å². The molecular formula is C4H7NO5. The van der Waals surface area contributed by atoms with Crippen molar-refractivity contribution in [3.63, 3.8) is 0 Å².